The van der Waals surface area contributed by atoms with Crippen LogP contribution in [0, 0.1) is 0 Å². The van der Waals surface area contributed by atoms with Crippen LogP contribution < -0.4 is 15.5 Å². The van der Waals surface area contributed by atoms with Gasteiger partial charge in [-0.05, 0) is 70.5 Å². The molecule has 0 saturated carbocycles. The third-order valence-electron chi connectivity index (χ3n) is 4.63. The molecule has 9 heteroatoms. The van der Waals surface area contributed by atoms with Crippen molar-refractivity contribution in [1.82, 2.24) is 0 Å². The molecule has 0 bridgehead atoms. The Labute approximate surface area is 201 Å². The first-order valence-electron chi connectivity index (χ1n) is 9.32. The number of imide groups is 1. The number of nitrogens with zero attached hydrogens (tertiary/aromatic N) is 1. The van der Waals surface area contributed by atoms with Crippen LogP contribution >= 0.6 is 39.1 Å². The minimum Gasteiger partial charge on any atom is -0.350 e. The summed E-state index contributed by atoms with van der Waals surface area (Å²) in [5, 5.41) is 5.84. The van der Waals surface area contributed by atoms with E-state index < -0.39 is 11.8 Å². The Bertz CT molecular complexity index is 1280. The summed E-state index contributed by atoms with van der Waals surface area (Å²) in [6.45, 7) is 0. The number of hydrogen-bond donors (Lipinski definition) is 2. The van der Waals surface area contributed by atoms with Gasteiger partial charge in [-0.3, -0.25) is 14.4 Å². The van der Waals surface area contributed by atoms with Crippen LogP contribution in [0.2, 0.25) is 5.02 Å². The van der Waals surface area contributed by atoms with Crippen LogP contribution in [0.5, 0.6) is 0 Å². The molecule has 1 aliphatic heterocycles. The fraction of sp³-hybridized carbons (Fsp3) is 0. The van der Waals surface area contributed by atoms with E-state index in [4.69, 9.17) is 23.2 Å². The van der Waals surface area contributed by atoms with Gasteiger partial charge in [-0.25, -0.2) is 4.90 Å². The van der Waals surface area contributed by atoms with Gasteiger partial charge in [0, 0.05) is 20.7 Å². The lowest BCUT2D eigenvalue weighted by Gasteiger charge is -2.15. The Kier molecular flexibility index (Phi) is 6.32. The first kappa shape index (κ1) is 22.1. The SMILES string of the molecule is O=C(Nc1ccccc1Br)c1ccc(NC2=C(Cl)C(=O)N(c3cccc(Cl)c3)C2=O)cc1. The van der Waals surface area contributed by atoms with E-state index in [-0.39, 0.29) is 16.6 Å². The van der Waals surface area contributed by atoms with E-state index in [1.165, 1.54) is 6.07 Å². The Morgan fingerprint density at radius 1 is 0.875 bits per heavy atom. The predicted octanol–water partition coefficient (Wildman–Crippen LogP) is 5.79. The second-order valence-corrected chi connectivity index (χ2v) is 8.42. The summed E-state index contributed by atoms with van der Waals surface area (Å²) in [7, 11) is 0. The number of anilines is 3. The first-order chi connectivity index (χ1) is 15.3. The molecule has 3 aromatic carbocycles. The van der Waals surface area contributed by atoms with Crippen LogP contribution in [-0.2, 0) is 9.59 Å². The van der Waals surface area contributed by atoms with Gasteiger partial charge in [-0.15, -0.1) is 0 Å². The summed E-state index contributed by atoms with van der Waals surface area (Å²) in [6.07, 6.45) is 0. The molecule has 4 rings (SSSR count). The molecule has 2 N–H and O–H groups in total. The molecule has 0 radical (unpaired) electrons. The maximum atomic E-state index is 12.8. The van der Waals surface area contributed by atoms with Crippen LogP contribution in [0.15, 0.2) is 88.0 Å². The van der Waals surface area contributed by atoms with Gasteiger partial charge in [0.1, 0.15) is 10.7 Å². The zero-order valence-electron chi connectivity index (χ0n) is 16.2. The molecule has 0 unspecified atom stereocenters. The van der Waals surface area contributed by atoms with Crippen molar-refractivity contribution in [2.24, 2.45) is 0 Å². The molecule has 1 heterocycles. The Morgan fingerprint density at radius 2 is 1.59 bits per heavy atom. The average Bonchev–Trinajstić information content (AvgIpc) is 2.99. The average molecular weight is 531 g/mol. The molecular weight excluding hydrogens is 517 g/mol. The van der Waals surface area contributed by atoms with Crippen molar-refractivity contribution in [3.8, 4) is 0 Å². The monoisotopic (exact) mass is 529 g/mol. The number of hydrogen-bond acceptors (Lipinski definition) is 4. The van der Waals surface area contributed by atoms with E-state index in [1.807, 2.05) is 18.2 Å². The topological polar surface area (TPSA) is 78.5 Å². The van der Waals surface area contributed by atoms with Crippen LogP contribution in [-0.4, -0.2) is 17.7 Å². The Hall–Kier alpha value is -3.13. The van der Waals surface area contributed by atoms with E-state index in [0.29, 0.717) is 27.6 Å². The van der Waals surface area contributed by atoms with E-state index >= 15 is 0 Å². The van der Waals surface area contributed by atoms with Crippen molar-refractivity contribution in [3.63, 3.8) is 0 Å². The van der Waals surface area contributed by atoms with Gasteiger partial charge in [-0.1, -0.05) is 41.4 Å². The lowest BCUT2D eigenvalue weighted by atomic mass is 10.2. The zero-order valence-corrected chi connectivity index (χ0v) is 19.3. The molecule has 1 aliphatic rings. The van der Waals surface area contributed by atoms with Gasteiger partial charge in [0.25, 0.3) is 17.7 Å². The van der Waals surface area contributed by atoms with E-state index in [2.05, 4.69) is 26.6 Å². The molecule has 3 amide bonds. The standard InChI is InChI=1S/C23H14BrCl2N3O3/c24-17-6-1-2-7-18(17)28-21(30)13-8-10-15(11-9-13)27-20-19(26)22(31)29(23(20)32)16-5-3-4-14(25)12-16/h1-12,27H,(H,28,30). The highest BCUT2D eigenvalue weighted by molar-refractivity contribution is 9.10. The molecule has 0 fully saturated rings. The molecule has 6 nitrogen and oxygen atoms in total. The third-order valence-corrected chi connectivity index (χ3v) is 5.91. The highest BCUT2D eigenvalue weighted by atomic mass is 79.9. The maximum absolute atomic E-state index is 12.8. The van der Waals surface area contributed by atoms with Crippen LogP contribution in [0.25, 0.3) is 0 Å². The van der Waals surface area contributed by atoms with Gasteiger partial charge in [0.05, 0.1) is 11.4 Å². The number of halogens is 3. The van der Waals surface area contributed by atoms with Gasteiger partial charge in [0.2, 0.25) is 0 Å². The molecule has 32 heavy (non-hydrogen) atoms. The molecule has 0 aliphatic carbocycles. The second kappa shape index (κ2) is 9.16. The first-order valence-corrected chi connectivity index (χ1v) is 10.9. The summed E-state index contributed by atoms with van der Waals surface area (Å²) in [5.74, 6) is -1.54. The van der Waals surface area contributed by atoms with Crippen molar-refractivity contribution in [3.05, 3.63) is 98.6 Å². The third kappa shape index (κ3) is 4.41. The quantitative estimate of drug-likeness (QED) is 0.409. The van der Waals surface area contributed by atoms with Gasteiger partial charge in [-0.2, -0.15) is 0 Å². The minimum absolute atomic E-state index is 0.0536. The number of carbonyl (C=O) groups excluding carboxylic acids is 3. The van der Waals surface area contributed by atoms with E-state index in [0.717, 1.165) is 9.37 Å². The van der Waals surface area contributed by atoms with Gasteiger partial charge in [0.15, 0.2) is 0 Å². The molecule has 160 valence electrons. The molecule has 0 aromatic heterocycles. The predicted molar refractivity (Wildman–Crippen MR) is 129 cm³/mol. The molecule has 0 saturated heterocycles. The fourth-order valence-electron chi connectivity index (χ4n) is 3.07. The van der Waals surface area contributed by atoms with Crippen LogP contribution in [0.4, 0.5) is 17.1 Å². The summed E-state index contributed by atoms with van der Waals surface area (Å²) < 4.78 is 0.766. The van der Waals surface area contributed by atoms with Crippen molar-refractivity contribution < 1.29 is 14.4 Å². The Morgan fingerprint density at radius 3 is 2.28 bits per heavy atom. The summed E-state index contributed by atoms with van der Waals surface area (Å²) in [5.41, 5.74) is 1.82. The largest absolute Gasteiger partial charge is 0.350 e. The van der Waals surface area contributed by atoms with E-state index in [1.54, 1.807) is 48.5 Å². The smallest absolute Gasteiger partial charge is 0.283 e. The number of para-hydroxylation sites is 1. The van der Waals surface area contributed by atoms with Crippen molar-refractivity contribution in [2.75, 3.05) is 15.5 Å². The molecule has 0 atom stereocenters. The van der Waals surface area contributed by atoms with Crippen LogP contribution in [0.3, 0.4) is 0 Å². The number of nitrogens with one attached hydrogen (secondary N) is 2. The van der Waals surface area contributed by atoms with Crippen molar-refractivity contribution in [1.29, 1.82) is 0 Å². The Balaban J connectivity index is 1.49. The van der Waals surface area contributed by atoms with E-state index in [9.17, 15) is 14.4 Å². The normalized spacial score (nSPS) is 13.5. The molecule has 3 aromatic rings. The summed E-state index contributed by atoms with van der Waals surface area (Å²) >= 11 is 15.5. The maximum Gasteiger partial charge on any atom is 0.283 e. The lowest BCUT2D eigenvalue weighted by molar-refractivity contribution is -0.120. The van der Waals surface area contributed by atoms with Crippen molar-refractivity contribution in [2.45, 2.75) is 0 Å². The highest BCUT2D eigenvalue weighted by Crippen LogP contribution is 2.31. The minimum atomic E-state index is -0.647. The van der Waals surface area contributed by atoms with Gasteiger partial charge >= 0.3 is 0 Å². The lowest BCUT2D eigenvalue weighted by Crippen LogP contribution is -2.32. The summed E-state index contributed by atoms with van der Waals surface area (Å²) in [6, 6.07) is 20.1. The van der Waals surface area contributed by atoms with Crippen molar-refractivity contribution >= 4 is 73.9 Å². The zero-order chi connectivity index (χ0) is 22.8. The number of carbonyl (C=O) groups is 3. The van der Waals surface area contributed by atoms with Gasteiger partial charge < -0.3 is 10.6 Å². The molecular formula is C23H14BrCl2N3O3. The number of amides is 3. The fourth-order valence-corrected chi connectivity index (χ4v) is 3.85. The van der Waals surface area contributed by atoms with Crippen LogP contribution in [0.1, 0.15) is 10.4 Å². The molecule has 0 spiro atoms. The highest BCUT2D eigenvalue weighted by Gasteiger charge is 2.39. The second-order valence-electron chi connectivity index (χ2n) is 6.75. The number of benzene rings is 3. The summed E-state index contributed by atoms with van der Waals surface area (Å²) in [4.78, 5) is 38.8. The number of rotatable bonds is 5.